The molecule has 0 amide bonds. The molecule has 22 heavy (non-hydrogen) atoms. The summed E-state index contributed by atoms with van der Waals surface area (Å²) in [6.07, 6.45) is 4.50. The van der Waals surface area contributed by atoms with Crippen LogP contribution in [-0.2, 0) is 14.0 Å². The van der Waals surface area contributed by atoms with E-state index in [0.717, 1.165) is 0 Å². The standard InChI is InChI=1S/C14H30B2O3.C3H6/c1-11(2,3)12(4,5)17-15(10)16-18-13(6,7)14(8,9)19-16;1-2-3-1/h1-10H3;1-3H2. The Kier molecular flexibility index (Phi) is 5.91. The van der Waals surface area contributed by atoms with Crippen molar-refractivity contribution in [1.82, 2.24) is 0 Å². The third kappa shape index (κ3) is 5.01. The van der Waals surface area contributed by atoms with Gasteiger partial charge in [0.2, 0.25) is 0 Å². The van der Waals surface area contributed by atoms with Gasteiger partial charge >= 0.3 is 13.8 Å². The van der Waals surface area contributed by atoms with Crippen LogP contribution in [0.2, 0.25) is 6.82 Å². The molecule has 0 N–H and O–H groups in total. The molecule has 3 nitrogen and oxygen atoms in total. The molecule has 1 heterocycles. The van der Waals surface area contributed by atoms with Crippen LogP contribution >= 0.6 is 0 Å². The molecule has 0 bridgehead atoms. The normalized spacial score (nSPS) is 22.9. The minimum atomic E-state index is -0.313. The van der Waals surface area contributed by atoms with Gasteiger partial charge in [0.05, 0.1) is 16.8 Å². The maximum absolute atomic E-state index is 6.22. The topological polar surface area (TPSA) is 27.7 Å². The van der Waals surface area contributed by atoms with Gasteiger partial charge in [-0.2, -0.15) is 0 Å². The smallest absolute Gasteiger partial charge is 0.432 e. The van der Waals surface area contributed by atoms with Crippen molar-refractivity contribution < 1.29 is 14.0 Å². The second-order valence-corrected chi connectivity index (χ2v) is 9.27. The van der Waals surface area contributed by atoms with Gasteiger partial charge < -0.3 is 14.0 Å². The Morgan fingerprint density at radius 2 is 1.23 bits per heavy atom. The molecule has 0 atom stereocenters. The lowest BCUT2D eigenvalue weighted by Gasteiger charge is -2.41. The van der Waals surface area contributed by atoms with Crippen LogP contribution in [0.3, 0.4) is 0 Å². The lowest BCUT2D eigenvalue weighted by atomic mass is 9.37. The van der Waals surface area contributed by atoms with Crippen molar-refractivity contribution in [2.45, 2.75) is 105 Å². The Labute approximate surface area is 139 Å². The van der Waals surface area contributed by atoms with E-state index in [1.54, 1.807) is 0 Å². The maximum Gasteiger partial charge on any atom is 0.446 e. The highest BCUT2D eigenvalue weighted by Crippen LogP contribution is 2.39. The second kappa shape index (κ2) is 6.49. The van der Waals surface area contributed by atoms with Crippen LogP contribution in [0.15, 0.2) is 0 Å². The second-order valence-electron chi connectivity index (χ2n) is 9.27. The van der Waals surface area contributed by atoms with Crippen LogP contribution in [0, 0.1) is 5.41 Å². The molecule has 1 saturated carbocycles. The zero-order chi connectivity index (χ0) is 17.4. The van der Waals surface area contributed by atoms with E-state index in [0.29, 0.717) is 0 Å². The molecule has 2 fully saturated rings. The Balaban J connectivity index is 0.000000714. The van der Waals surface area contributed by atoms with Gasteiger partial charge in [0.15, 0.2) is 0 Å². The van der Waals surface area contributed by atoms with Crippen LogP contribution in [0.5, 0.6) is 0 Å². The van der Waals surface area contributed by atoms with Gasteiger partial charge in [-0.3, -0.25) is 0 Å². The minimum Gasteiger partial charge on any atom is -0.432 e. The maximum atomic E-state index is 6.22. The Bertz CT molecular complexity index is 352. The third-order valence-corrected chi connectivity index (χ3v) is 5.30. The van der Waals surface area contributed by atoms with Crippen molar-refractivity contribution in [3.63, 3.8) is 0 Å². The molecule has 128 valence electrons. The molecule has 0 aromatic rings. The molecule has 1 saturated heterocycles. The Morgan fingerprint density at radius 3 is 1.50 bits per heavy atom. The van der Waals surface area contributed by atoms with E-state index >= 15 is 0 Å². The summed E-state index contributed by atoms with van der Waals surface area (Å²) >= 11 is 0. The Morgan fingerprint density at radius 1 is 0.864 bits per heavy atom. The molecule has 0 spiro atoms. The van der Waals surface area contributed by atoms with Crippen LogP contribution in [0.25, 0.3) is 0 Å². The van der Waals surface area contributed by atoms with Crippen molar-refractivity contribution in [3.05, 3.63) is 0 Å². The first-order valence-electron chi connectivity index (χ1n) is 8.73. The minimum absolute atomic E-state index is 0.0604. The van der Waals surface area contributed by atoms with Gasteiger partial charge in [-0.05, 0) is 47.0 Å². The van der Waals surface area contributed by atoms with E-state index in [1.807, 2.05) is 6.82 Å². The van der Waals surface area contributed by atoms with Gasteiger partial charge in [0.25, 0.3) is 0 Å². The molecule has 0 radical (unpaired) electrons. The van der Waals surface area contributed by atoms with Crippen molar-refractivity contribution >= 4 is 13.8 Å². The quantitative estimate of drug-likeness (QED) is 0.701. The first-order valence-corrected chi connectivity index (χ1v) is 8.73. The first-order chi connectivity index (χ1) is 9.70. The lowest BCUT2D eigenvalue weighted by Crippen LogP contribution is -2.49. The predicted molar refractivity (Wildman–Crippen MR) is 96.2 cm³/mol. The molecule has 2 rings (SSSR count). The fourth-order valence-corrected chi connectivity index (χ4v) is 1.78. The average molecular weight is 310 g/mol. The zero-order valence-corrected chi connectivity index (χ0v) is 16.5. The van der Waals surface area contributed by atoms with Crippen LogP contribution in [0.4, 0.5) is 0 Å². The summed E-state index contributed by atoms with van der Waals surface area (Å²) in [4.78, 5) is 0. The SMILES string of the molecule is C1CC1.CB(OC(C)(C)C(C)(C)C)B1OC(C)(C)C(C)(C)O1. The molecule has 2 aliphatic rings. The number of hydrogen-bond acceptors (Lipinski definition) is 3. The third-order valence-electron chi connectivity index (χ3n) is 5.30. The van der Waals surface area contributed by atoms with E-state index < -0.39 is 0 Å². The van der Waals surface area contributed by atoms with Gasteiger partial charge in [0.1, 0.15) is 0 Å². The van der Waals surface area contributed by atoms with Gasteiger partial charge in [-0.15, -0.1) is 0 Å². The summed E-state index contributed by atoms with van der Waals surface area (Å²) < 4.78 is 18.3. The van der Waals surface area contributed by atoms with E-state index in [1.165, 1.54) is 19.3 Å². The van der Waals surface area contributed by atoms with E-state index in [-0.39, 0.29) is 36.0 Å². The van der Waals surface area contributed by atoms with Gasteiger partial charge in [-0.1, -0.05) is 46.9 Å². The largest absolute Gasteiger partial charge is 0.446 e. The highest BCUT2D eigenvalue weighted by Gasteiger charge is 2.55. The molecule has 0 unspecified atom stereocenters. The van der Waals surface area contributed by atoms with Gasteiger partial charge in [-0.25, -0.2) is 0 Å². The number of hydrogen-bond donors (Lipinski definition) is 0. The number of rotatable bonds is 3. The van der Waals surface area contributed by atoms with Crippen molar-refractivity contribution in [2.24, 2.45) is 5.41 Å². The molecular formula is C17H36B2O3. The highest BCUT2D eigenvalue weighted by atomic mass is 16.7. The summed E-state index contributed by atoms with van der Waals surface area (Å²) in [5.74, 6) is 0. The Hall–Kier alpha value is 0.00987. The highest BCUT2D eigenvalue weighted by molar-refractivity contribution is 7.13. The molecule has 5 heteroatoms. The molecular weight excluding hydrogens is 274 g/mol. The monoisotopic (exact) mass is 310 g/mol. The lowest BCUT2D eigenvalue weighted by molar-refractivity contribution is -0.000261. The van der Waals surface area contributed by atoms with Crippen molar-refractivity contribution in [1.29, 1.82) is 0 Å². The molecule has 0 aromatic carbocycles. The van der Waals surface area contributed by atoms with Crippen LogP contribution in [0.1, 0.15) is 81.6 Å². The summed E-state index contributed by atoms with van der Waals surface area (Å²) in [7, 11) is -0.313. The fourth-order valence-electron chi connectivity index (χ4n) is 1.78. The van der Waals surface area contributed by atoms with Crippen LogP contribution in [-0.4, -0.2) is 30.6 Å². The van der Waals surface area contributed by atoms with Crippen molar-refractivity contribution in [3.8, 4) is 0 Å². The molecule has 1 aliphatic carbocycles. The molecule has 1 aliphatic heterocycles. The average Bonchev–Trinajstić information content (AvgIpc) is 3.09. The van der Waals surface area contributed by atoms with E-state index in [2.05, 4.69) is 62.3 Å². The summed E-state index contributed by atoms with van der Waals surface area (Å²) in [5.41, 5.74) is -0.788. The summed E-state index contributed by atoms with van der Waals surface area (Å²) in [5, 5.41) is 0. The summed E-state index contributed by atoms with van der Waals surface area (Å²) in [6, 6.07) is 0. The van der Waals surface area contributed by atoms with Gasteiger partial charge in [0, 0.05) is 0 Å². The molecule has 0 aromatic heterocycles. The van der Waals surface area contributed by atoms with E-state index in [4.69, 9.17) is 14.0 Å². The van der Waals surface area contributed by atoms with E-state index in [9.17, 15) is 0 Å². The zero-order valence-electron chi connectivity index (χ0n) is 16.5. The van der Waals surface area contributed by atoms with Crippen molar-refractivity contribution in [2.75, 3.05) is 0 Å². The first kappa shape index (κ1) is 20.1. The fraction of sp³-hybridized carbons (Fsp3) is 1.00. The summed E-state index contributed by atoms with van der Waals surface area (Å²) in [6.45, 7) is 21.0. The predicted octanol–water partition coefficient (Wildman–Crippen LogP) is 4.79. The van der Waals surface area contributed by atoms with Crippen LogP contribution < -0.4 is 0 Å².